The molecule has 0 radical (unpaired) electrons. The number of aliphatic imine (C=N–C) groups is 1. The third-order valence-corrected chi connectivity index (χ3v) is 6.82. The van der Waals surface area contributed by atoms with E-state index in [0.29, 0.717) is 23.8 Å². The number of nitrogens with zero attached hydrogens (tertiary/aromatic N) is 1. The first kappa shape index (κ1) is 25.8. The van der Waals surface area contributed by atoms with Gasteiger partial charge in [-0.05, 0) is 31.4 Å². The molecule has 0 amide bonds. The summed E-state index contributed by atoms with van der Waals surface area (Å²) in [4.78, 5) is 4.34. The first-order chi connectivity index (χ1) is 13.6. The van der Waals surface area contributed by atoms with Crippen LogP contribution < -0.4 is 24.8 Å². The molecule has 1 fully saturated rings. The maximum atomic E-state index is 12.2. The van der Waals surface area contributed by atoms with Gasteiger partial charge in [-0.15, -0.1) is 24.0 Å². The third-order valence-electron chi connectivity index (χ3n) is 5.08. The molecule has 2 rings (SSSR count). The van der Waals surface area contributed by atoms with Crippen LogP contribution in [0.3, 0.4) is 0 Å². The minimum atomic E-state index is -0.738. The number of nitrogens with one attached hydrogen (secondary N) is 2. The molecule has 7 nitrogen and oxygen atoms in total. The minimum absolute atomic E-state index is 0. The molecule has 9 heteroatoms. The summed E-state index contributed by atoms with van der Waals surface area (Å²) in [7, 11) is 5.83. The van der Waals surface area contributed by atoms with Crippen molar-refractivity contribution in [3.8, 4) is 17.2 Å². The molecule has 1 aromatic rings. The second-order valence-electron chi connectivity index (χ2n) is 6.72. The van der Waals surface area contributed by atoms with Crippen LogP contribution in [0.1, 0.15) is 38.2 Å². The van der Waals surface area contributed by atoms with Crippen LogP contribution >= 0.6 is 24.0 Å². The Balaban J connectivity index is 0.00000420. The zero-order valence-electron chi connectivity index (χ0n) is 17.9. The number of hydrogen-bond acceptors (Lipinski definition) is 5. The van der Waals surface area contributed by atoms with Crippen LogP contribution in [0, 0.1) is 0 Å². The lowest BCUT2D eigenvalue weighted by molar-refractivity contribution is 0.322. The van der Waals surface area contributed by atoms with Crippen LogP contribution in [0.5, 0.6) is 17.2 Å². The van der Waals surface area contributed by atoms with Gasteiger partial charge in [-0.1, -0.05) is 13.3 Å². The lowest BCUT2D eigenvalue weighted by Gasteiger charge is -2.30. The molecule has 1 aliphatic carbocycles. The number of benzene rings is 1. The quantitative estimate of drug-likeness (QED) is 0.300. The van der Waals surface area contributed by atoms with E-state index in [1.54, 1.807) is 28.4 Å². The normalized spacial score (nSPS) is 20.2. The number of rotatable bonds is 8. The van der Waals surface area contributed by atoms with Gasteiger partial charge < -0.3 is 24.8 Å². The monoisotopic (exact) mass is 539 g/mol. The van der Waals surface area contributed by atoms with Gasteiger partial charge in [0.25, 0.3) is 0 Å². The molecule has 0 heterocycles. The fourth-order valence-electron chi connectivity index (χ4n) is 3.62. The van der Waals surface area contributed by atoms with E-state index in [0.717, 1.165) is 43.0 Å². The summed E-state index contributed by atoms with van der Waals surface area (Å²) in [6, 6.07) is 4.09. The van der Waals surface area contributed by atoms with Gasteiger partial charge in [-0.3, -0.25) is 9.20 Å². The first-order valence-electron chi connectivity index (χ1n) is 9.70. The van der Waals surface area contributed by atoms with Crippen molar-refractivity contribution in [3.63, 3.8) is 0 Å². The Morgan fingerprint density at radius 1 is 1.17 bits per heavy atom. The topological polar surface area (TPSA) is 81.2 Å². The van der Waals surface area contributed by atoms with Gasteiger partial charge in [-0.25, -0.2) is 0 Å². The van der Waals surface area contributed by atoms with E-state index in [-0.39, 0.29) is 35.3 Å². The highest BCUT2D eigenvalue weighted by atomic mass is 127. The van der Waals surface area contributed by atoms with Gasteiger partial charge in [0, 0.05) is 47.0 Å². The molecule has 29 heavy (non-hydrogen) atoms. The Morgan fingerprint density at radius 3 is 2.48 bits per heavy atom. The van der Waals surface area contributed by atoms with Gasteiger partial charge >= 0.3 is 0 Å². The summed E-state index contributed by atoms with van der Waals surface area (Å²) >= 11 is 0. The Kier molecular flexibility index (Phi) is 11.7. The van der Waals surface area contributed by atoms with E-state index in [2.05, 4.69) is 15.6 Å². The summed E-state index contributed by atoms with van der Waals surface area (Å²) in [5, 5.41) is 7.10. The molecule has 1 saturated carbocycles. The van der Waals surface area contributed by atoms with Crippen LogP contribution in [0.4, 0.5) is 0 Å². The van der Waals surface area contributed by atoms with E-state index in [1.165, 1.54) is 0 Å². The SMILES string of the molecule is CCS(=O)C1CCCC(NC(=NC)NCc2ccc(OC)c(OC)c2OC)C1.I. The van der Waals surface area contributed by atoms with Gasteiger partial charge in [-0.2, -0.15) is 0 Å². The maximum Gasteiger partial charge on any atom is 0.203 e. The van der Waals surface area contributed by atoms with Crippen molar-refractivity contribution in [2.45, 2.75) is 50.4 Å². The molecule has 1 aliphatic rings. The molecule has 0 aliphatic heterocycles. The van der Waals surface area contributed by atoms with E-state index >= 15 is 0 Å². The van der Waals surface area contributed by atoms with E-state index < -0.39 is 10.8 Å². The Morgan fingerprint density at radius 2 is 1.90 bits per heavy atom. The standard InChI is InChI=1S/C20H33N3O4S.HI/c1-6-28(24)16-9-7-8-15(12-16)23-20(21-2)22-13-14-10-11-17(25-3)19(27-5)18(14)26-4;/h10-11,15-16H,6-9,12-13H2,1-5H3,(H2,21,22,23);1H. The molecular weight excluding hydrogens is 505 g/mol. The summed E-state index contributed by atoms with van der Waals surface area (Å²) in [5.41, 5.74) is 0.941. The van der Waals surface area contributed by atoms with E-state index in [1.807, 2.05) is 19.1 Å². The highest BCUT2D eigenvalue weighted by molar-refractivity contribution is 14.0. The minimum Gasteiger partial charge on any atom is -0.493 e. The lowest BCUT2D eigenvalue weighted by atomic mass is 9.95. The average Bonchev–Trinajstić information content (AvgIpc) is 2.75. The molecule has 0 aromatic heterocycles. The average molecular weight is 539 g/mol. The van der Waals surface area contributed by atoms with E-state index in [9.17, 15) is 4.21 Å². The second kappa shape index (κ2) is 13.1. The third kappa shape index (κ3) is 6.91. The van der Waals surface area contributed by atoms with Crippen molar-refractivity contribution in [1.29, 1.82) is 0 Å². The fraction of sp³-hybridized carbons (Fsp3) is 0.650. The van der Waals surface area contributed by atoms with Crippen LogP contribution in [0.15, 0.2) is 17.1 Å². The summed E-state index contributed by atoms with van der Waals surface area (Å²) in [6.07, 6.45) is 4.13. The predicted octanol–water partition coefficient (Wildman–Crippen LogP) is 3.08. The van der Waals surface area contributed by atoms with Crippen molar-refractivity contribution in [3.05, 3.63) is 17.7 Å². The number of methoxy groups -OCH3 is 3. The molecule has 166 valence electrons. The molecule has 3 unspecified atom stereocenters. The number of halogens is 1. The molecule has 3 atom stereocenters. The zero-order valence-corrected chi connectivity index (χ0v) is 21.1. The van der Waals surface area contributed by atoms with Crippen molar-refractivity contribution in [1.82, 2.24) is 10.6 Å². The van der Waals surface area contributed by atoms with Crippen LogP contribution in [-0.2, 0) is 17.3 Å². The Hall–Kier alpha value is -1.23. The molecule has 2 N–H and O–H groups in total. The maximum absolute atomic E-state index is 12.2. The van der Waals surface area contributed by atoms with Crippen LogP contribution in [0.2, 0.25) is 0 Å². The largest absolute Gasteiger partial charge is 0.493 e. The molecular formula is C20H34IN3O4S. The molecule has 0 spiro atoms. The van der Waals surface area contributed by atoms with Crippen molar-refractivity contribution in [2.75, 3.05) is 34.1 Å². The Bertz CT molecular complexity index is 703. The van der Waals surface area contributed by atoms with Gasteiger partial charge in [0.1, 0.15) is 0 Å². The van der Waals surface area contributed by atoms with Gasteiger partial charge in [0.15, 0.2) is 17.5 Å². The highest BCUT2D eigenvalue weighted by Crippen LogP contribution is 2.39. The highest BCUT2D eigenvalue weighted by Gasteiger charge is 2.26. The summed E-state index contributed by atoms with van der Waals surface area (Å²) < 4.78 is 28.5. The number of ether oxygens (including phenoxy) is 3. The fourth-order valence-corrected chi connectivity index (χ4v) is 4.97. The van der Waals surface area contributed by atoms with Crippen LogP contribution in [0.25, 0.3) is 0 Å². The van der Waals surface area contributed by atoms with Gasteiger partial charge in [0.05, 0.1) is 21.3 Å². The van der Waals surface area contributed by atoms with Crippen molar-refractivity contribution >= 4 is 40.7 Å². The Labute approximate surface area is 193 Å². The zero-order chi connectivity index (χ0) is 20.5. The van der Waals surface area contributed by atoms with Crippen molar-refractivity contribution < 1.29 is 18.4 Å². The van der Waals surface area contributed by atoms with Crippen LogP contribution in [-0.4, -0.2) is 55.6 Å². The number of hydrogen-bond donors (Lipinski definition) is 2. The summed E-state index contributed by atoms with van der Waals surface area (Å²) in [5.74, 6) is 3.29. The smallest absolute Gasteiger partial charge is 0.203 e. The van der Waals surface area contributed by atoms with E-state index in [4.69, 9.17) is 14.2 Å². The van der Waals surface area contributed by atoms with Gasteiger partial charge in [0.2, 0.25) is 5.75 Å². The summed E-state index contributed by atoms with van der Waals surface area (Å²) in [6.45, 7) is 2.52. The molecule has 0 bridgehead atoms. The second-order valence-corrected chi connectivity index (χ2v) is 8.72. The molecule has 1 aromatic carbocycles. The number of guanidine groups is 1. The molecule has 0 saturated heterocycles. The lowest BCUT2D eigenvalue weighted by Crippen LogP contribution is -2.46. The first-order valence-corrected chi connectivity index (χ1v) is 11.1. The predicted molar refractivity (Wildman–Crippen MR) is 130 cm³/mol. The van der Waals surface area contributed by atoms with Crippen molar-refractivity contribution in [2.24, 2.45) is 4.99 Å².